The van der Waals surface area contributed by atoms with Crippen LogP contribution in [0.5, 0.6) is 0 Å². The van der Waals surface area contributed by atoms with Gasteiger partial charge in [-0.15, -0.1) is 0 Å². The zero-order chi connectivity index (χ0) is 24.4. The molecule has 0 unspecified atom stereocenters. The number of anilines is 2. The van der Waals surface area contributed by atoms with Crippen LogP contribution in [0.1, 0.15) is 22.3 Å². The molecule has 33 heavy (non-hydrogen) atoms. The van der Waals surface area contributed by atoms with E-state index in [1.165, 1.54) is 24.3 Å². The van der Waals surface area contributed by atoms with Gasteiger partial charge in [0.2, 0.25) is 5.91 Å². The minimum atomic E-state index is -4.73. The van der Waals surface area contributed by atoms with E-state index in [1.54, 1.807) is 0 Å². The molecule has 0 bridgehead atoms. The van der Waals surface area contributed by atoms with Crippen LogP contribution >= 0.6 is 11.6 Å². The summed E-state index contributed by atoms with van der Waals surface area (Å²) in [5.41, 5.74) is 1.86. The summed E-state index contributed by atoms with van der Waals surface area (Å²) in [7, 11) is -4.17. The molecule has 3 aromatic rings. The Kier molecular flexibility index (Phi) is 7.04. The van der Waals surface area contributed by atoms with Crippen molar-refractivity contribution in [1.82, 2.24) is 0 Å². The molecule has 174 valence electrons. The Morgan fingerprint density at radius 3 is 2.21 bits per heavy atom. The summed E-state index contributed by atoms with van der Waals surface area (Å²) >= 11 is 5.56. The van der Waals surface area contributed by atoms with Crippen LogP contribution in [0, 0.1) is 13.8 Å². The number of halogens is 4. The van der Waals surface area contributed by atoms with Gasteiger partial charge in [0.25, 0.3) is 10.0 Å². The largest absolute Gasteiger partial charge is 0.417 e. The van der Waals surface area contributed by atoms with Crippen LogP contribution in [0.3, 0.4) is 0 Å². The Balaban J connectivity index is 1.71. The first-order valence-corrected chi connectivity index (χ1v) is 11.6. The highest BCUT2D eigenvalue weighted by molar-refractivity contribution is 7.92. The van der Waals surface area contributed by atoms with Gasteiger partial charge in [-0.25, -0.2) is 8.42 Å². The summed E-state index contributed by atoms with van der Waals surface area (Å²) in [5.74, 6) is -0.265. The minimum absolute atomic E-state index is 0.160. The van der Waals surface area contributed by atoms with Gasteiger partial charge in [0.1, 0.15) is 0 Å². The van der Waals surface area contributed by atoms with Crippen molar-refractivity contribution in [2.75, 3.05) is 10.0 Å². The second-order valence-electron chi connectivity index (χ2n) is 7.48. The fraction of sp³-hybridized carbons (Fsp3) is 0.174. The Bertz CT molecular complexity index is 1290. The summed E-state index contributed by atoms with van der Waals surface area (Å²) in [6.07, 6.45) is -4.57. The SMILES string of the molecule is Cc1ccc(C)c(CC(=O)Nc2ccc(S(=O)(=O)Nc3ccc(Cl)c(C(F)(F)F)c3)cc2)c1. The summed E-state index contributed by atoms with van der Waals surface area (Å²) in [6, 6.07) is 13.8. The minimum Gasteiger partial charge on any atom is -0.326 e. The highest BCUT2D eigenvalue weighted by atomic mass is 35.5. The summed E-state index contributed by atoms with van der Waals surface area (Å²) in [5, 5.41) is 2.17. The molecule has 5 nitrogen and oxygen atoms in total. The maximum Gasteiger partial charge on any atom is 0.417 e. The van der Waals surface area contributed by atoms with E-state index in [9.17, 15) is 26.4 Å². The predicted molar refractivity (Wildman–Crippen MR) is 122 cm³/mol. The molecule has 10 heteroatoms. The van der Waals surface area contributed by atoms with Crippen LogP contribution in [0.4, 0.5) is 24.5 Å². The number of sulfonamides is 1. The summed E-state index contributed by atoms with van der Waals surface area (Å²) < 4.78 is 66.3. The highest BCUT2D eigenvalue weighted by Crippen LogP contribution is 2.36. The third-order valence-corrected chi connectivity index (χ3v) is 6.55. The molecule has 0 atom stereocenters. The smallest absolute Gasteiger partial charge is 0.326 e. The first-order valence-electron chi connectivity index (χ1n) is 9.71. The van der Waals surface area contributed by atoms with E-state index >= 15 is 0 Å². The molecule has 0 aliphatic carbocycles. The molecule has 1 amide bonds. The molecule has 3 rings (SSSR count). The van der Waals surface area contributed by atoms with Crippen molar-refractivity contribution in [3.8, 4) is 0 Å². The fourth-order valence-corrected chi connectivity index (χ4v) is 4.38. The average molecular weight is 497 g/mol. The van der Waals surface area contributed by atoms with E-state index in [2.05, 4.69) is 10.0 Å². The molecule has 0 aliphatic heterocycles. The van der Waals surface area contributed by atoms with Gasteiger partial charge < -0.3 is 5.32 Å². The van der Waals surface area contributed by atoms with Crippen LogP contribution < -0.4 is 10.0 Å². The van der Waals surface area contributed by atoms with Gasteiger partial charge in [-0.1, -0.05) is 35.4 Å². The van der Waals surface area contributed by atoms with E-state index in [4.69, 9.17) is 11.6 Å². The second kappa shape index (κ2) is 9.44. The first-order chi connectivity index (χ1) is 15.3. The summed E-state index contributed by atoms with van der Waals surface area (Å²) in [4.78, 5) is 12.2. The van der Waals surface area contributed by atoms with Crippen molar-refractivity contribution < 1.29 is 26.4 Å². The van der Waals surface area contributed by atoms with Crippen LogP contribution in [-0.2, 0) is 27.4 Å². The van der Waals surface area contributed by atoms with Gasteiger partial charge >= 0.3 is 6.18 Å². The number of amides is 1. The lowest BCUT2D eigenvalue weighted by molar-refractivity contribution is -0.137. The van der Waals surface area contributed by atoms with Crippen molar-refractivity contribution in [1.29, 1.82) is 0 Å². The average Bonchev–Trinajstić information content (AvgIpc) is 2.71. The van der Waals surface area contributed by atoms with Crippen molar-refractivity contribution in [3.63, 3.8) is 0 Å². The quantitative estimate of drug-likeness (QED) is 0.442. The molecule has 2 N–H and O–H groups in total. The van der Waals surface area contributed by atoms with Gasteiger partial charge in [-0.2, -0.15) is 13.2 Å². The van der Waals surface area contributed by atoms with E-state index in [0.29, 0.717) is 11.8 Å². The number of hydrogen-bond acceptors (Lipinski definition) is 3. The number of nitrogens with one attached hydrogen (secondary N) is 2. The van der Waals surface area contributed by atoms with Gasteiger partial charge in [0.05, 0.1) is 21.9 Å². The zero-order valence-electron chi connectivity index (χ0n) is 17.6. The molecule has 0 saturated heterocycles. The number of rotatable bonds is 6. The maximum absolute atomic E-state index is 13.0. The number of carbonyl (C=O) groups is 1. The van der Waals surface area contributed by atoms with Crippen molar-refractivity contribution in [2.24, 2.45) is 0 Å². The van der Waals surface area contributed by atoms with E-state index in [-0.39, 0.29) is 22.9 Å². The number of alkyl halides is 3. The van der Waals surface area contributed by atoms with E-state index in [1.807, 2.05) is 32.0 Å². The molecule has 0 saturated carbocycles. The van der Waals surface area contributed by atoms with Gasteiger partial charge in [0.15, 0.2) is 0 Å². The van der Waals surface area contributed by atoms with Gasteiger partial charge in [0, 0.05) is 11.4 Å². The lowest BCUT2D eigenvalue weighted by atomic mass is 10.0. The predicted octanol–water partition coefficient (Wildman–Crippen LogP) is 5.96. The summed E-state index contributed by atoms with van der Waals surface area (Å²) in [6.45, 7) is 3.84. The normalized spacial score (nSPS) is 11.8. The van der Waals surface area contributed by atoms with Crippen molar-refractivity contribution >= 4 is 38.9 Å². The van der Waals surface area contributed by atoms with Gasteiger partial charge in [-0.3, -0.25) is 9.52 Å². The van der Waals surface area contributed by atoms with E-state index in [0.717, 1.165) is 28.8 Å². The number of aryl methyl sites for hydroxylation is 2. The Hall–Kier alpha value is -3.04. The van der Waals surface area contributed by atoms with Gasteiger partial charge in [-0.05, 0) is 67.4 Å². The Morgan fingerprint density at radius 1 is 0.939 bits per heavy atom. The van der Waals surface area contributed by atoms with Crippen molar-refractivity contribution in [2.45, 2.75) is 31.3 Å². The first kappa shape index (κ1) is 24.6. The third-order valence-electron chi connectivity index (χ3n) is 4.83. The van der Waals surface area contributed by atoms with Crippen molar-refractivity contribution in [3.05, 3.63) is 87.9 Å². The molecule has 0 aliphatic rings. The van der Waals surface area contributed by atoms with Crippen LogP contribution in [-0.4, -0.2) is 14.3 Å². The van der Waals surface area contributed by atoms with Crippen LogP contribution in [0.15, 0.2) is 65.6 Å². The molecule has 0 radical (unpaired) electrons. The number of carbonyl (C=O) groups excluding carboxylic acids is 1. The highest BCUT2D eigenvalue weighted by Gasteiger charge is 2.33. The molecule has 0 heterocycles. The number of hydrogen-bond donors (Lipinski definition) is 2. The van der Waals surface area contributed by atoms with Crippen LogP contribution in [0.2, 0.25) is 5.02 Å². The molecule has 0 aromatic heterocycles. The lowest BCUT2D eigenvalue weighted by Gasteiger charge is -2.13. The Morgan fingerprint density at radius 2 is 1.58 bits per heavy atom. The molecule has 3 aromatic carbocycles. The second-order valence-corrected chi connectivity index (χ2v) is 9.57. The molecular formula is C23H20ClF3N2O3S. The zero-order valence-corrected chi connectivity index (χ0v) is 19.2. The lowest BCUT2D eigenvalue weighted by Crippen LogP contribution is -2.16. The molecule has 0 fully saturated rings. The topological polar surface area (TPSA) is 75.3 Å². The van der Waals surface area contributed by atoms with E-state index < -0.39 is 26.8 Å². The maximum atomic E-state index is 13.0. The molecular weight excluding hydrogens is 477 g/mol. The standard InChI is InChI=1S/C23H20ClF3N2O3S/c1-14-3-4-15(2)16(11-14)12-22(30)28-17-5-8-19(9-6-17)33(31,32)29-18-7-10-21(24)20(13-18)23(25,26)27/h3-11,13,29H,12H2,1-2H3,(H,28,30). The Labute approximate surface area is 194 Å². The third kappa shape index (κ3) is 6.27. The fourth-order valence-electron chi connectivity index (χ4n) is 3.11. The number of benzene rings is 3. The monoisotopic (exact) mass is 496 g/mol. The molecule has 0 spiro atoms. The van der Waals surface area contributed by atoms with Crippen LogP contribution in [0.25, 0.3) is 0 Å².